The van der Waals surface area contributed by atoms with Crippen LogP contribution in [0.4, 0.5) is 22.9 Å². The molecule has 0 aliphatic carbocycles. The molecule has 3 rings (SSSR count). The van der Waals surface area contributed by atoms with Crippen LogP contribution in [-0.2, 0) is 6.54 Å². The van der Waals surface area contributed by atoms with Gasteiger partial charge >= 0.3 is 0 Å². The van der Waals surface area contributed by atoms with Gasteiger partial charge in [0.05, 0.1) is 15.9 Å². The van der Waals surface area contributed by atoms with Crippen LogP contribution >= 0.6 is 0 Å². The Morgan fingerprint density at radius 3 is 2.50 bits per heavy atom. The second-order valence-corrected chi connectivity index (χ2v) is 6.09. The molecule has 0 radical (unpaired) electrons. The molecular formula is C20H18N6O4. The summed E-state index contributed by atoms with van der Waals surface area (Å²) < 4.78 is 0. The van der Waals surface area contributed by atoms with E-state index in [1.807, 2.05) is 42.5 Å². The third-order valence-electron chi connectivity index (χ3n) is 4.11. The maximum absolute atomic E-state index is 11.2. The molecule has 10 nitrogen and oxygen atoms in total. The fraction of sp³-hybridized carbons (Fsp3) is 0.0500. The van der Waals surface area contributed by atoms with Gasteiger partial charge in [-0.15, -0.1) is 0 Å². The molecule has 2 aromatic carbocycles. The molecule has 1 heterocycles. The number of non-ortho nitro benzene ring substituents is 1. The number of nitro benzene ring substituents is 2. The van der Waals surface area contributed by atoms with E-state index >= 15 is 0 Å². The van der Waals surface area contributed by atoms with Gasteiger partial charge in [0.1, 0.15) is 11.5 Å². The molecule has 0 fully saturated rings. The standard InChI is InChI=1S/C20H18N6O4/c27-25(28)17-8-9-18(19(13-17)26(29)30)21-12-10-15-5-1-2-6-16(15)14-23-24-20-7-3-4-11-22-20/h1-13,21,23H,14H2,(H,22,24)/b12-10+. The molecule has 0 saturated heterocycles. The lowest BCUT2D eigenvalue weighted by atomic mass is 10.1. The van der Waals surface area contributed by atoms with Crippen molar-refractivity contribution in [1.29, 1.82) is 0 Å². The highest BCUT2D eigenvalue weighted by Crippen LogP contribution is 2.29. The topological polar surface area (TPSA) is 135 Å². The lowest BCUT2D eigenvalue weighted by Crippen LogP contribution is -2.21. The third-order valence-corrected chi connectivity index (χ3v) is 4.11. The minimum Gasteiger partial charge on any atom is -0.356 e. The molecule has 0 aliphatic rings. The van der Waals surface area contributed by atoms with E-state index in [-0.39, 0.29) is 17.1 Å². The van der Waals surface area contributed by atoms with Crippen LogP contribution in [0.2, 0.25) is 0 Å². The van der Waals surface area contributed by atoms with Crippen LogP contribution in [0.5, 0.6) is 0 Å². The number of hydrogen-bond acceptors (Lipinski definition) is 8. The molecule has 3 N–H and O–H groups in total. The molecule has 3 aromatic rings. The molecule has 30 heavy (non-hydrogen) atoms. The van der Waals surface area contributed by atoms with Gasteiger partial charge in [0.25, 0.3) is 11.4 Å². The van der Waals surface area contributed by atoms with E-state index in [0.717, 1.165) is 17.2 Å². The number of pyridine rings is 1. The van der Waals surface area contributed by atoms with E-state index in [1.165, 1.54) is 12.1 Å². The summed E-state index contributed by atoms with van der Waals surface area (Å²) in [7, 11) is 0. The summed E-state index contributed by atoms with van der Waals surface area (Å²) in [6, 6.07) is 16.6. The maximum Gasteiger partial charge on any atom is 0.299 e. The van der Waals surface area contributed by atoms with Crippen molar-refractivity contribution in [2.24, 2.45) is 0 Å². The second-order valence-electron chi connectivity index (χ2n) is 6.09. The summed E-state index contributed by atoms with van der Waals surface area (Å²) in [4.78, 5) is 24.9. The van der Waals surface area contributed by atoms with Gasteiger partial charge in [-0.05, 0) is 35.4 Å². The number of nitrogens with one attached hydrogen (secondary N) is 3. The van der Waals surface area contributed by atoms with Crippen molar-refractivity contribution in [3.63, 3.8) is 0 Å². The monoisotopic (exact) mass is 406 g/mol. The van der Waals surface area contributed by atoms with Crippen LogP contribution in [0, 0.1) is 20.2 Å². The summed E-state index contributed by atoms with van der Waals surface area (Å²) in [5.41, 5.74) is 7.42. The normalized spacial score (nSPS) is 10.7. The van der Waals surface area contributed by atoms with E-state index in [4.69, 9.17) is 0 Å². The molecule has 0 bridgehead atoms. The van der Waals surface area contributed by atoms with Crippen molar-refractivity contribution in [2.75, 3.05) is 10.7 Å². The van der Waals surface area contributed by atoms with Gasteiger partial charge in [0.2, 0.25) is 0 Å². The molecule has 0 atom stereocenters. The summed E-state index contributed by atoms with van der Waals surface area (Å²) in [5, 5.41) is 24.9. The van der Waals surface area contributed by atoms with Crippen molar-refractivity contribution < 1.29 is 9.85 Å². The van der Waals surface area contributed by atoms with E-state index < -0.39 is 9.85 Å². The first-order chi connectivity index (χ1) is 14.5. The zero-order valence-corrected chi connectivity index (χ0v) is 15.7. The Morgan fingerprint density at radius 2 is 1.77 bits per heavy atom. The number of nitro groups is 2. The summed E-state index contributed by atoms with van der Waals surface area (Å²) in [6.07, 6.45) is 5.01. The zero-order valence-electron chi connectivity index (χ0n) is 15.7. The van der Waals surface area contributed by atoms with Crippen LogP contribution in [0.1, 0.15) is 11.1 Å². The van der Waals surface area contributed by atoms with Crippen molar-refractivity contribution in [3.8, 4) is 0 Å². The van der Waals surface area contributed by atoms with Crippen molar-refractivity contribution in [2.45, 2.75) is 6.54 Å². The Kier molecular flexibility index (Phi) is 6.64. The van der Waals surface area contributed by atoms with Crippen LogP contribution in [0.25, 0.3) is 6.08 Å². The predicted molar refractivity (Wildman–Crippen MR) is 114 cm³/mol. The molecule has 1 aromatic heterocycles. The molecule has 0 unspecified atom stereocenters. The van der Waals surface area contributed by atoms with Crippen LogP contribution in [0.15, 0.2) is 73.1 Å². The number of benzene rings is 2. The number of anilines is 2. The summed E-state index contributed by atoms with van der Waals surface area (Å²) >= 11 is 0. The molecular weight excluding hydrogens is 388 g/mol. The number of aromatic nitrogens is 1. The van der Waals surface area contributed by atoms with Gasteiger partial charge in [0.15, 0.2) is 0 Å². The van der Waals surface area contributed by atoms with Crippen molar-refractivity contribution in [1.82, 2.24) is 10.4 Å². The van der Waals surface area contributed by atoms with Crippen molar-refractivity contribution in [3.05, 3.63) is 104 Å². The zero-order chi connectivity index (χ0) is 21.3. The molecule has 10 heteroatoms. The van der Waals surface area contributed by atoms with E-state index in [2.05, 4.69) is 21.2 Å². The van der Waals surface area contributed by atoms with Gasteiger partial charge in [-0.3, -0.25) is 20.2 Å². The lowest BCUT2D eigenvalue weighted by molar-refractivity contribution is -0.393. The lowest BCUT2D eigenvalue weighted by Gasteiger charge is -2.10. The van der Waals surface area contributed by atoms with E-state index in [1.54, 1.807) is 18.5 Å². The Balaban J connectivity index is 1.68. The second kappa shape index (κ2) is 9.75. The third kappa shape index (κ3) is 5.36. The van der Waals surface area contributed by atoms with Crippen LogP contribution < -0.4 is 16.2 Å². The Labute approximate surface area is 171 Å². The number of hydrazine groups is 1. The minimum atomic E-state index is -0.672. The molecule has 0 saturated carbocycles. The molecule has 0 amide bonds. The van der Waals surface area contributed by atoms with Gasteiger partial charge in [-0.2, -0.15) is 0 Å². The maximum atomic E-state index is 11.2. The quantitative estimate of drug-likeness (QED) is 0.357. The number of rotatable bonds is 9. The van der Waals surface area contributed by atoms with E-state index in [0.29, 0.717) is 12.4 Å². The summed E-state index contributed by atoms with van der Waals surface area (Å²) in [5.74, 6) is 0.692. The van der Waals surface area contributed by atoms with Gasteiger partial charge in [0, 0.05) is 25.0 Å². The number of hydrogen-bond donors (Lipinski definition) is 3. The Bertz CT molecular complexity index is 1070. The van der Waals surface area contributed by atoms with Crippen molar-refractivity contribution >= 4 is 29.0 Å². The van der Waals surface area contributed by atoms with Gasteiger partial charge in [-0.25, -0.2) is 10.4 Å². The first kappa shape index (κ1) is 20.4. The summed E-state index contributed by atoms with van der Waals surface area (Å²) in [6.45, 7) is 0.509. The highest BCUT2D eigenvalue weighted by atomic mass is 16.6. The minimum absolute atomic E-state index is 0.161. The first-order valence-electron chi connectivity index (χ1n) is 8.88. The fourth-order valence-corrected chi connectivity index (χ4v) is 2.65. The fourth-order valence-electron chi connectivity index (χ4n) is 2.65. The molecule has 0 spiro atoms. The highest BCUT2D eigenvalue weighted by Gasteiger charge is 2.18. The number of nitrogens with zero attached hydrogens (tertiary/aromatic N) is 3. The smallest absolute Gasteiger partial charge is 0.299 e. The highest BCUT2D eigenvalue weighted by molar-refractivity contribution is 5.68. The molecule has 152 valence electrons. The molecule has 0 aliphatic heterocycles. The Hall–Kier alpha value is -4.31. The average molecular weight is 406 g/mol. The van der Waals surface area contributed by atoms with Crippen LogP contribution in [0.3, 0.4) is 0 Å². The van der Waals surface area contributed by atoms with Gasteiger partial charge < -0.3 is 10.7 Å². The van der Waals surface area contributed by atoms with E-state index in [9.17, 15) is 20.2 Å². The van der Waals surface area contributed by atoms with Crippen LogP contribution in [-0.4, -0.2) is 14.8 Å². The first-order valence-corrected chi connectivity index (χ1v) is 8.88. The Morgan fingerprint density at radius 1 is 0.967 bits per heavy atom. The largest absolute Gasteiger partial charge is 0.356 e. The van der Waals surface area contributed by atoms with Gasteiger partial charge in [-0.1, -0.05) is 30.3 Å². The SMILES string of the molecule is O=[N+]([O-])c1ccc(N/C=C/c2ccccc2CNNc2ccccn2)c([N+](=O)[O-])c1. The average Bonchev–Trinajstić information content (AvgIpc) is 2.75. The predicted octanol–water partition coefficient (Wildman–Crippen LogP) is 4.10.